The first-order chi connectivity index (χ1) is 10.0. The third-order valence-electron chi connectivity index (χ3n) is 4.95. The van der Waals surface area contributed by atoms with Gasteiger partial charge in [0.1, 0.15) is 0 Å². The highest BCUT2D eigenvalue weighted by molar-refractivity contribution is 5.60. The molecule has 1 fully saturated rings. The number of benzene rings is 1. The molecule has 0 spiro atoms. The molecule has 0 saturated carbocycles. The third-order valence-corrected chi connectivity index (χ3v) is 4.95. The molecule has 1 aromatic carbocycles. The zero-order chi connectivity index (χ0) is 15.0. The number of fused-ring (bicyclic) bond motifs is 1. The molecule has 1 aliphatic heterocycles. The lowest BCUT2D eigenvalue weighted by Gasteiger charge is -2.39. The van der Waals surface area contributed by atoms with Crippen molar-refractivity contribution in [3.8, 4) is 0 Å². The minimum atomic E-state index is 0.0909. The molecule has 1 heterocycles. The molecule has 3 nitrogen and oxygen atoms in total. The van der Waals surface area contributed by atoms with Crippen LogP contribution in [-0.4, -0.2) is 18.6 Å². The van der Waals surface area contributed by atoms with Gasteiger partial charge in [0, 0.05) is 17.9 Å². The van der Waals surface area contributed by atoms with Gasteiger partial charge in [0.05, 0.1) is 5.54 Å². The van der Waals surface area contributed by atoms with Crippen LogP contribution in [0, 0.1) is 5.92 Å². The molecule has 1 aromatic rings. The van der Waals surface area contributed by atoms with Crippen LogP contribution >= 0.6 is 0 Å². The highest BCUT2D eigenvalue weighted by Gasteiger charge is 2.45. The van der Waals surface area contributed by atoms with Crippen molar-refractivity contribution in [3.63, 3.8) is 0 Å². The fraction of sp³-hybridized carbons (Fsp3) is 0.444. The largest absolute Gasteiger partial charge is 0.399 e. The fourth-order valence-corrected chi connectivity index (χ4v) is 3.76. The number of allylic oxidation sites excluding steroid dienone is 1. The maximum absolute atomic E-state index is 5.82. The van der Waals surface area contributed by atoms with Crippen molar-refractivity contribution in [2.45, 2.75) is 32.2 Å². The van der Waals surface area contributed by atoms with Gasteiger partial charge in [-0.3, -0.25) is 0 Å². The van der Waals surface area contributed by atoms with E-state index in [1.807, 2.05) is 12.1 Å². The second-order valence-electron chi connectivity index (χ2n) is 6.50. The minimum absolute atomic E-state index is 0.0909. The SMILES string of the molecule is CC1CN(c2ccc(N)cc2)C2(C)CC=C(CCN)C=C12. The molecule has 1 aliphatic carbocycles. The van der Waals surface area contributed by atoms with Gasteiger partial charge in [-0.1, -0.05) is 24.6 Å². The number of anilines is 2. The standard InChI is InChI=1S/C18H25N3/c1-13-12-21(16-5-3-15(20)4-6-16)18(2)9-7-14(8-10-19)11-17(13)18/h3-7,11,13H,8-10,12,19-20H2,1-2H3. The average molecular weight is 283 g/mol. The van der Waals surface area contributed by atoms with E-state index in [1.165, 1.54) is 11.3 Å². The van der Waals surface area contributed by atoms with E-state index in [4.69, 9.17) is 11.5 Å². The van der Waals surface area contributed by atoms with Crippen LogP contribution in [0.2, 0.25) is 0 Å². The van der Waals surface area contributed by atoms with E-state index < -0.39 is 0 Å². The van der Waals surface area contributed by atoms with Crippen LogP contribution in [0.5, 0.6) is 0 Å². The van der Waals surface area contributed by atoms with Crippen molar-refractivity contribution in [1.29, 1.82) is 0 Å². The Balaban J connectivity index is 1.94. The molecule has 3 rings (SSSR count). The molecule has 4 N–H and O–H groups in total. The lowest BCUT2D eigenvalue weighted by Crippen LogP contribution is -2.42. The molecular weight excluding hydrogens is 258 g/mol. The molecule has 2 aliphatic rings. The summed E-state index contributed by atoms with van der Waals surface area (Å²) in [4.78, 5) is 2.53. The van der Waals surface area contributed by atoms with Crippen molar-refractivity contribution in [2.24, 2.45) is 11.7 Å². The Morgan fingerprint density at radius 3 is 2.67 bits per heavy atom. The number of nitrogen functional groups attached to an aromatic ring is 1. The molecule has 2 unspecified atom stereocenters. The summed E-state index contributed by atoms with van der Waals surface area (Å²) in [7, 11) is 0. The Hall–Kier alpha value is -1.74. The maximum Gasteiger partial charge on any atom is 0.0626 e. The predicted molar refractivity (Wildman–Crippen MR) is 90.2 cm³/mol. The molecule has 21 heavy (non-hydrogen) atoms. The van der Waals surface area contributed by atoms with Gasteiger partial charge in [-0.2, -0.15) is 0 Å². The van der Waals surface area contributed by atoms with E-state index in [0.717, 1.165) is 31.6 Å². The number of rotatable bonds is 3. The first-order valence-corrected chi connectivity index (χ1v) is 7.79. The molecular formula is C18H25N3. The van der Waals surface area contributed by atoms with E-state index in [9.17, 15) is 0 Å². The predicted octanol–water partition coefficient (Wildman–Crippen LogP) is 3.09. The monoisotopic (exact) mass is 283 g/mol. The van der Waals surface area contributed by atoms with Crippen molar-refractivity contribution >= 4 is 11.4 Å². The highest BCUT2D eigenvalue weighted by atomic mass is 15.2. The van der Waals surface area contributed by atoms with Crippen LogP contribution in [-0.2, 0) is 0 Å². The summed E-state index contributed by atoms with van der Waals surface area (Å²) in [6.45, 7) is 6.47. The minimum Gasteiger partial charge on any atom is -0.399 e. The smallest absolute Gasteiger partial charge is 0.0626 e. The first kappa shape index (κ1) is 14.2. The quantitative estimate of drug-likeness (QED) is 0.838. The Morgan fingerprint density at radius 1 is 1.29 bits per heavy atom. The van der Waals surface area contributed by atoms with Gasteiger partial charge >= 0.3 is 0 Å². The van der Waals surface area contributed by atoms with Crippen molar-refractivity contribution in [2.75, 3.05) is 23.7 Å². The average Bonchev–Trinajstić information content (AvgIpc) is 2.73. The summed E-state index contributed by atoms with van der Waals surface area (Å²) in [5, 5.41) is 0. The Kier molecular flexibility index (Phi) is 3.54. The summed E-state index contributed by atoms with van der Waals surface area (Å²) in [6, 6.07) is 8.25. The van der Waals surface area contributed by atoms with Gasteiger partial charge in [0.25, 0.3) is 0 Å². The van der Waals surface area contributed by atoms with Gasteiger partial charge in [-0.05, 0) is 62.1 Å². The zero-order valence-corrected chi connectivity index (χ0v) is 13.0. The lowest BCUT2D eigenvalue weighted by molar-refractivity contribution is 0.541. The van der Waals surface area contributed by atoms with Crippen LogP contribution in [0.4, 0.5) is 11.4 Å². The van der Waals surface area contributed by atoms with Crippen LogP contribution in [0.15, 0.2) is 47.6 Å². The Bertz CT molecular complexity index is 585. The highest BCUT2D eigenvalue weighted by Crippen LogP contribution is 2.46. The number of hydrogen-bond acceptors (Lipinski definition) is 3. The van der Waals surface area contributed by atoms with Gasteiger partial charge in [-0.25, -0.2) is 0 Å². The molecule has 2 atom stereocenters. The van der Waals surface area contributed by atoms with Gasteiger partial charge < -0.3 is 16.4 Å². The number of nitrogens with two attached hydrogens (primary N) is 2. The number of hydrogen-bond donors (Lipinski definition) is 2. The van der Waals surface area contributed by atoms with Crippen LogP contribution in [0.3, 0.4) is 0 Å². The van der Waals surface area contributed by atoms with Gasteiger partial charge in [0.15, 0.2) is 0 Å². The summed E-state index contributed by atoms with van der Waals surface area (Å²) < 4.78 is 0. The summed E-state index contributed by atoms with van der Waals surface area (Å²) in [6.07, 6.45) is 6.79. The van der Waals surface area contributed by atoms with E-state index in [2.05, 4.69) is 43.0 Å². The summed E-state index contributed by atoms with van der Waals surface area (Å²) in [5.74, 6) is 0.578. The zero-order valence-electron chi connectivity index (χ0n) is 13.0. The van der Waals surface area contributed by atoms with E-state index in [0.29, 0.717) is 5.92 Å². The molecule has 0 aromatic heterocycles. The van der Waals surface area contributed by atoms with E-state index >= 15 is 0 Å². The van der Waals surface area contributed by atoms with E-state index in [-0.39, 0.29) is 5.54 Å². The topological polar surface area (TPSA) is 55.3 Å². The fourth-order valence-electron chi connectivity index (χ4n) is 3.76. The second kappa shape index (κ2) is 5.23. The van der Waals surface area contributed by atoms with Crippen molar-refractivity contribution in [3.05, 3.63) is 47.6 Å². The summed E-state index contributed by atoms with van der Waals surface area (Å²) >= 11 is 0. The number of nitrogens with zero attached hydrogens (tertiary/aromatic N) is 1. The lowest BCUT2D eigenvalue weighted by atomic mass is 9.79. The Labute approximate surface area is 127 Å². The third kappa shape index (κ3) is 2.36. The molecule has 3 heteroatoms. The van der Waals surface area contributed by atoms with Crippen LogP contribution < -0.4 is 16.4 Å². The van der Waals surface area contributed by atoms with Crippen LogP contribution in [0.25, 0.3) is 0 Å². The Morgan fingerprint density at radius 2 is 2.00 bits per heavy atom. The van der Waals surface area contributed by atoms with Gasteiger partial charge in [-0.15, -0.1) is 0 Å². The molecule has 1 saturated heterocycles. The van der Waals surface area contributed by atoms with Crippen molar-refractivity contribution < 1.29 is 0 Å². The first-order valence-electron chi connectivity index (χ1n) is 7.79. The second-order valence-corrected chi connectivity index (χ2v) is 6.50. The maximum atomic E-state index is 5.82. The molecule has 0 amide bonds. The van der Waals surface area contributed by atoms with E-state index in [1.54, 1.807) is 5.57 Å². The van der Waals surface area contributed by atoms with Gasteiger partial charge in [0.2, 0.25) is 0 Å². The normalized spacial score (nSPS) is 28.1. The molecule has 112 valence electrons. The van der Waals surface area contributed by atoms with Crippen molar-refractivity contribution in [1.82, 2.24) is 0 Å². The van der Waals surface area contributed by atoms with Crippen LogP contribution in [0.1, 0.15) is 26.7 Å². The summed E-state index contributed by atoms with van der Waals surface area (Å²) in [5.41, 5.74) is 16.6. The molecule has 0 bridgehead atoms. The molecule has 0 radical (unpaired) electrons.